The van der Waals surface area contributed by atoms with Gasteiger partial charge < -0.3 is 0 Å². The minimum absolute atomic E-state index is 1.01. The first kappa shape index (κ1) is 13.7. The van der Waals surface area contributed by atoms with E-state index in [1.807, 2.05) is 51.8 Å². The summed E-state index contributed by atoms with van der Waals surface area (Å²) in [5.74, 6) is 0. The third-order valence-electron chi connectivity index (χ3n) is 1.55. The molecular formula is C10H22N2. The third kappa shape index (κ3) is 4.83. The summed E-state index contributed by atoms with van der Waals surface area (Å²) in [6, 6.07) is 0. The van der Waals surface area contributed by atoms with Gasteiger partial charge in [-0.15, -0.1) is 0 Å². The average Bonchev–Trinajstić information content (AvgIpc) is 2.05. The molecule has 0 aliphatic heterocycles. The second-order valence-electron chi connectivity index (χ2n) is 2.52. The molecule has 0 atom stereocenters. The molecular weight excluding hydrogens is 148 g/mol. The highest BCUT2D eigenvalue weighted by molar-refractivity contribution is 4.91. The summed E-state index contributed by atoms with van der Waals surface area (Å²) in [5, 5.41) is 3.89. The van der Waals surface area contributed by atoms with Crippen molar-refractivity contribution in [2.75, 3.05) is 14.1 Å². The van der Waals surface area contributed by atoms with Gasteiger partial charge in [0.15, 0.2) is 0 Å². The monoisotopic (exact) mass is 170 g/mol. The SMILES string of the molecule is C=C(C)N(C)N(C)C(=C)C.CC. The lowest BCUT2D eigenvalue weighted by molar-refractivity contribution is 0.110. The second-order valence-corrected chi connectivity index (χ2v) is 2.52. The van der Waals surface area contributed by atoms with E-state index in [-0.39, 0.29) is 0 Å². The predicted molar refractivity (Wildman–Crippen MR) is 56.5 cm³/mol. The maximum Gasteiger partial charge on any atom is 0.0279 e. The van der Waals surface area contributed by atoms with E-state index in [0.717, 1.165) is 11.4 Å². The Morgan fingerprint density at radius 2 is 1.00 bits per heavy atom. The zero-order chi connectivity index (χ0) is 10.3. The van der Waals surface area contributed by atoms with Crippen LogP contribution in [0.4, 0.5) is 0 Å². The van der Waals surface area contributed by atoms with Crippen molar-refractivity contribution < 1.29 is 0 Å². The Morgan fingerprint density at radius 1 is 0.833 bits per heavy atom. The van der Waals surface area contributed by atoms with E-state index in [9.17, 15) is 0 Å². The summed E-state index contributed by atoms with van der Waals surface area (Å²) >= 11 is 0. The first-order valence-electron chi connectivity index (χ1n) is 4.25. The van der Waals surface area contributed by atoms with Gasteiger partial charge in [-0.2, -0.15) is 0 Å². The number of rotatable bonds is 3. The fourth-order valence-electron chi connectivity index (χ4n) is 0.512. The van der Waals surface area contributed by atoms with E-state index in [0.29, 0.717) is 0 Å². The number of hydrogen-bond donors (Lipinski definition) is 0. The minimum Gasteiger partial charge on any atom is -0.294 e. The van der Waals surface area contributed by atoms with E-state index < -0.39 is 0 Å². The average molecular weight is 170 g/mol. The molecule has 0 aliphatic carbocycles. The molecule has 2 nitrogen and oxygen atoms in total. The Labute approximate surface area is 77.1 Å². The normalized spacial score (nSPS) is 7.83. The lowest BCUT2D eigenvalue weighted by atomic mass is 10.5. The Hall–Kier alpha value is -0.920. The lowest BCUT2D eigenvalue weighted by Crippen LogP contribution is -2.32. The van der Waals surface area contributed by atoms with Gasteiger partial charge in [-0.3, -0.25) is 10.0 Å². The molecule has 0 radical (unpaired) electrons. The topological polar surface area (TPSA) is 6.48 Å². The summed E-state index contributed by atoms with van der Waals surface area (Å²) in [6.07, 6.45) is 0. The highest BCUT2D eigenvalue weighted by atomic mass is 15.6. The molecule has 72 valence electrons. The van der Waals surface area contributed by atoms with Crippen molar-refractivity contribution in [1.29, 1.82) is 0 Å². The molecule has 0 N–H and O–H groups in total. The summed E-state index contributed by atoms with van der Waals surface area (Å²) in [6.45, 7) is 15.5. The molecule has 0 saturated carbocycles. The third-order valence-corrected chi connectivity index (χ3v) is 1.55. The lowest BCUT2D eigenvalue weighted by Gasteiger charge is -2.31. The van der Waals surface area contributed by atoms with Crippen LogP contribution < -0.4 is 0 Å². The maximum atomic E-state index is 3.80. The number of hydrogen-bond acceptors (Lipinski definition) is 2. The molecule has 0 aliphatic rings. The minimum atomic E-state index is 1.01. The summed E-state index contributed by atoms with van der Waals surface area (Å²) in [5.41, 5.74) is 2.01. The number of allylic oxidation sites excluding steroid dienone is 2. The fraction of sp³-hybridized carbons (Fsp3) is 0.600. The van der Waals surface area contributed by atoms with E-state index in [2.05, 4.69) is 13.2 Å². The first-order valence-corrected chi connectivity index (χ1v) is 4.25. The second kappa shape index (κ2) is 6.77. The van der Waals surface area contributed by atoms with Gasteiger partial charge in [0, 0.05) is 25.5 Å². The van der Waals surface area contributed by atoms with Gasteiger partial charge in [0.05, 0.1) is 0 Å². The molecule has 0 rings (SSSR count). The van der Waals surface area contributed by atoms with Crippen molar-refractivity contribution >= 4 is 0 Å². The van der Waals surface area contributed by atoms with Crippen LogP contribution in [0.15, 0.2) is 24.6 Å². The van der Waals surface area contributed by atoms with Crippen LogP contribution in [0.1, 0.15) is 27.7 Å². The molecule has 0 aromatic heterocycles. The van der Waals surface area contributed by atoms with Gasteiger partial charge in [0.2, 0.25) is 0 Å². The van der Waals surface area contributed by atoms with Crippen molar-refractivity contribution in [2.45, 2.75) is 27.7 Å². The van der Waals surface area contributed by atoms with Gasteiger partial charge in [-0.05, 0) is 13.8 Å². The summed E-state index contributed by atoms with van der Waals surface area (Å²) < 4.78 is 0. The van der Waals surface area contributed by atoms with Crippen LogP contribution in [0, 0.1) is 0 Å². The van der Waals surface area contributed by atoms with Crippen molar-refractivity contribution in [3.05, 3.63) is 24.6 Å². The van der Waals surface area contributed by atoms with Crippen molar-refractivity contribution in [2.24, 2.45) is 0 Å². The van der Waals surface area contributed by atoms with Crippen LogP contribution in [-0.2, 0) is 0 Å². The molecule has 2 heteroatoms. The first-order chi connectivity index (χ1) is 5.46. The van der Waals surface area contributed by atoms with Gasteiger partial charge in [0.1, 0.15) is 0 Å². The molecule has 0 saturated heterocycles. The molecule has 0 bridgehead atoms. The van der Waals surface area contributed by atoms with Crippen LogP contribution in [0.2, 0.25) is 0 Å². The zero-order valence-corrected chi connectivity index (χ0v) is 9.31. The van der Waals surface area contributed by atoms with Crippen LogP contribution in [-0.4, -0.2) is 24.1 Å². The quantitative estimate of drug-likeness (QED) is 0.601. The van der Waals surface area contributed by atoms with Gasteiger partial charge in [0.25, 0.3) is 0 Å². The van der Waals surface area contributed by atoms with Crippen LogP contribution in [0.25, 0.3) is 0 Å². The molecule has 0 amide bonds. The predicted octanol–water partition coefficient (Wildman–Crippen LogP) is 2.86. The highest BCUT2D eigenvalue weighted by Crippen LogP contribution is 2.05. The zero-order valence-electron chi connectivity index (χ0n) is 9.31. The van der Waals surface area contributed by atoms with Crippen LogP contribution in [0.5, 0.6) is 0 Å². The van der Waals surface area contributed by atoms with Crippen LogP contribution in [0.3, 0.4) is 0 Å². The molecule has 0 spiro atoms. The largest absolute Gasteiger partial charge is 0.294 e. The Kier molecular flexibility index (Phi) is 7.70. The Morgan fingerprint density at radius 3 is 1.08 bits per heavy atom. The van der Waals surface area contributed by atoms with Crippen molar-refractivity contribution in [3.63, 3.8) is 0 Å². The number of nitrogens with zero attached hydrogens (tertiary/aromatic N) is 2. The summed E-state index contributed by atoms with van der Waals surface area (Å²) in [7, 11) is 3.91. The molecule has 12 heavy (non-hydrogen) atoms. The highest BCUT2D eigenvalue weighted by Gasteiger charge is 2.01. The van der Waals surface area contributed by atoms with E-state index in [4.69, 9.17) is 0 Å². The summed E-state index contributed by atoms with van der Waals surface area (Å²) in [4.78, 5) is 0. The Bertz CT molecular complexity index is 132. The Balaban J connectivity index is 0. The fourth-order valence-corrected chi connectivity index (χ4v) is 0.512. The smallest absolute Gasteiger partial charge is 0.0279 e. The van der Waals surface area contributed by atoms with Crippen molar-refractivity contribution in [3.8, 4) is 0 Å². The molecule has 0 heterocycles. The molecule has 0 unspecified atom stereocenters. The van der Waals surface area contributed by atoms with E-state index in [1.54, 1.807) is 0 Å². The van der Waals surface area contributed by atoms with Gasteiger partial charge in [-0.25, -0.2) is 0 Å². The number of hydrazine groups is 1. The van der Waals surface area contributed by atoms with Gasteiger partial charge in [-0.1, -0.05) is 27.0 Å². The molecule has 0 fully saturated rings. The molecule has 0 aromatic carbocycles. The van der Waals surface area contributed by atoms with Gasteiger partial charge >= 0.3 is 0 Å². The standard InChI is InChI=1S/C8H16N2.C2H6/c1-7(2)9(5)10(6)8(3)4;1-2/h1,3H2,2,4-6H3;1-2H3. The van der Waals surface area contributed by atoms with Crippen molar-refractivity contribution in [1.82, 2.24) is 10.0 Å². The van der Waals surface area contributed by atoms with E-state index >= 15 is 0 Å². The maximum absolute atomic E-state index is 3.80. The molecule has 0 aromatic rings. The van der Waals surface area contributed by atoms with Crippen LogP contribution >= 0.6 is 0 Å². The van der Waals surface area contributed by atoms with E-state index in [1.165, 1.54) is 0 Å².